The van der Waals surface area contributed by atoms with Crippen LogP contribution >= 0.6 is 0 Å². The van der Waals surface area contributed by atoms with Gasteiger partial charge in [-0.2, -0.15) is 0 Å². The van der Waals surface area contributed by atoms with E-state index in [1.54, 1.807) is 18.2 Å². The van der Waals surface area contributed by atoms with Gasteiger partial charge in [-0.25, -0.2) is 4.39 Å². The van der Waals surface area contributed by atoms with Crippen molar-refractivity contribution in [3.8, 4) is 0 Å². The lowest BCUT2D eigenvalue weighted by molar-refractivity contribution is 0.171. The number of aliphatic hydroxyl groups is 1. The van der Waals surface area contributed by atoms with E-state index < -0.39 is 5.54 Å². The smallest absolute Gasteiger partial charge is 0.128 e. The average molecular weight is 223 g/mol. The molecule has 2 nitrogen and oxygen atoms in total. The van der Waals surface area contributed by atoms with Gasteiger partial charge in [-0.3, -0.25) is 0 Å². The summed E-state index contributed by atoms with van der Waals surface area (Å²) in [5.41, 5.74) is 6.16. The van der Waals surface area contributed by atoms with Crippen LogP contribution in [0.4, 0.5) is 4.39 Å². The lowest BCUT2D eigenvalue weighted by Crippen LogP contribution is -2.42. The number of benzene rings is 1. The Morgan fingerprint density at radius 2 is 2.19 bits per heavy atom. The van der Waals surface area contributed by atoms with Crippen molar-refractivity contribution in [2.75, 3.05) is 6.61 Å². The molecule has 3 heteroatoms. The molecule has 0 aromatic heterocycles. The zero-order valence-electron chi connectivity index (χ0n) is 9.49. The standard InChI is InChI=1S/C13H18FNO/c1-9-6-10(8-16)13(15,7-9)11-4-2-3-5-12(11)14/h2-5,9-10,16H,6-8,15H2,1H3/t9-,10+,13+/m1/s1. The van der Waals surface area contributed by atoms with E-state index in [-0.39, 0.29) is 18.3 Å². The Balaban J connectivity index is 2.41. The van der Waals surface area contributed by atoms with E-state index in [0.29, 0.717) is 11.5 Å². The molecule has 16 heavy (non-hydrogen) atoms. The van der Waals surface area contributed by atoms with Crippen molar-refractivity contribution < 1.29 is 9.50 Å². The molecular weight excluding hydrogens is 205 g/mol. The molecular formula is C13H18FNO. The van der Waals surface area contributed by atoms with Crippen molar-refractivity contribution in [3.05, 3.63) is 35.6 Å². The monoisotopic (exact) mass is 223 g/mol. The van der Waals surface area contributed by atoms with E-state index in [4.69, 9.17) is 5.73 Å². The summed E-state index contributed by atoms with van der Waals surface area (Å²) >= 11 is 0. The quantitative estimate of drug-likeness (QED) is 0.805. The van der Waals surface area contributed by atoms with Crippen LogP contribution in [-0.4, -0.2) is 11.7 Å². The number of rotatable bonds is 2. The number of hydrogen-bond donors (Lipinski definition) is 2. The molecule has 0 heterocycles. The van der Waals surface area contributed by atoms with Crippen LogP contribution in [0.25, 0.3) is 0 Å². The molecule has 0 aliphatic heterocycles. The summed E-state index contributed by atoms with van der Waals surface area (Å²) in [5.74, 6) is 0.124. The zero-order chi connectivity index (χ0) is 11.8. The predicted molar refractivity (Wildman–Crippen MR) is 61.2 cm³/mol. The van der Waals surface area contributed by atoms with Crippen LogP contribution in [0.2, 0.25) is 0 Å². The lowest BCUT2D eigenvalue weighted by Gasteiger charge is -2.31. The van der Waals surface area contributed by atoms with Gasteiger partial charge < -0.3 is 10.8 Å². The summed E-state index contributed by atoms with van der Waals surface area (Å²) in [6.07, 6.45) is 1.60. The molecule has 0 bridgehead atoms. The van der Waals surface area contributed by atoms with E-state index >= 15 is 0 Å². The van der Waals surface area contributed by atoms with Gasteiger partial charge in [0.1, 0.15) is 5.82 Å². The Morgan fingerprint density at radius 3 is 2.81 bits per heavy atom. The molecule has 1 fully saturated rings. The Kier molecular flexibility index (Phi) is 3.00. The zero-order valence-corrected chi connectivity index (χ0v) is 9.49. The summed E-state index contributed by atoms with van der Waals surface area (Å²) in [7, 11) is 0. The predicted octanol–water partition coefficient (Wildman–Crippen LogP) is 2.02. The maximum Gasteiger partial charge on any atom is 0.128 e. The van der Waals surface area contributed by atoms with Crippen LogP contribution in [-0.2, 0) is 5.54 Å². The third-order valence-corrected chi connectivity index (χ3v) is 3.70. The third-order valence-electron chi connectivity index (χ3n) is 3.70. The van der Waals surface area contributed by atoms with E-state index in [2.05, 4.69) is 6.92 Å². The highest BCUT2D eigenvalue weighted by molar-refractivity contribution is 5.28. The number of aliphatic hydroxyl groups excluding tert-OH is 1. The SMILES string of the molecule is C[C@@H]1C[C@@H](CO)[C@](N)(c2ccccc2F)C1. The minimum atomic E-state index is -0.709. The largest absolute Gasteiger partial charge is 0.396 e. The van der Waals surface area contributed by atoms with Crippen LogP contribution in [0, 0.1) is 17.7 Å². The normalized spacial score (nSPS) is 34.2. The highest BCUT2D eigenvalue weighted by Gasteiger charge is 2.44. The molecule has 1 aliphatic carbocycles. The molecule has 0 unspecified atom stereocenters. The molecule has 2 rings (SSSR count). The fourth-order valence-electron chi connectivity index (χ4n) is 2.93. The molecule has 0 amide bonds. The molecule has 0 saturated heterocycles. The van der Waals surface area contributed by atoms with Gasteiger partial charge in [0.15, 0.2) is 0 Å². The molecule has 1 aliphatic rings. The van der Waals surface area contributed by atoms with Crippen LogP contribution in [0.5, 0.6) is 0 Å². The van der Waals surface area contributed by atoms with Crippen molar-refractivity contribution in [2.24, 2.45) is 17.6 Å². The third kappa shape index (κ3) is 1.74. The van der Waals surface area contributed by atoms with E-state index in [1.165, 1.54) is 6.07 Å². The molecule has 88 valence electrons. The first-order valence-corrected chi connectivity index (χ1v) is 5.72. The maximum absolute atomic E-state index is 13.8. The average Bonchev–Trinajstić information content (AvgIpc) is 2.55. The van der Waals surface area contributed by atoms with Crippen molar-refractivity contribution in [1.82, 2.24) is 0 Å². The minimum Gasteiger partial charge on any atom is -0.396 e. The lowest BCUT2D eigenvalue weighted by atomic mass is 9.81. The fourth-order valence-corrected chi connectivity index (χ4v) is 2.93. The van der Waals surface area contributed by atoms with E-state index in [0.717, 1.165) is 12.8 Å². The Morgan fingerprint density at radius 1 is 1.50 bits per heavy atom. The van der Waals surface area contributed by atoms with Crippen molar-refractivity contribution in [2.45, 2.75) is 25.3 Å². The fraction of sp³-hybridized carbons (Fsp3) is 0.538. The molecule has 0 radical (unpaired) electrons. The van der Waals surface area contributed by atoms with Crippen molar-refractivity contribution >= 4 is 0 Å². The van der Waals surface area contributed by atoms with E-state index in [1.807, 2.05) is 0 Å². The number of hydrogen-bond acceptors (Lipinski definition) is 2. The van der Waals surface area contributed by atoms with Crippen molar-refractivity contribution in [3.63, 3.8) is 0 Å². The first-order valence-electron chi connectivity index (χ1n) is 5.72. The molecule has 3 N–H and O–H groups in total. The molecule has 3 atom stereocenters. The minimum absolute atomic E-state index is 0.0230. The molecule has 1 aromatic carbocycles. The second kappa shape index (κ2) is 4.15. The Hall–Kier alpha value is -0.930. The maximum atomic E-state index is 13.8. The van der Waals surface area contributed by atoms with Gasteiger partial charge in [-0.05, 0) is 24.8 Å². The van der Waals surface area contributed by atoms with Gasteiger partial charge in [0.05, 0.1) is 0 Å². The van der Waals surface area contributed by atoms with Gasteiger partial charge >= 0.3 is 0 Å². The molecule has 0 spiro atoms. The second-order valence-corrected chi connectivity index (χ2v) is 4.94. The van der Waals surface area contributed by atoms with Crippen LogP contribution in [0.3, 0.4) is 0 Å². The molecule has 1 aromatic rings. The highest BCUT2D eigenvalue weighted by atomic mass is 19.1. The van der Waals surface area contributed by atoms with Crippen LogP contribution in [0.1, 0.15) is 25.3 Å². The summed E-state index contributed by atoms with van der Waals surface area (Å²) < 4.78 is 13.8. The Bertz CT molecular complexity index is 382. The van der Waals surface area contributed by atoms with Gasteiger partial charge in [0.25, 0.3) is 0 Å². The van der Waals surface area contributed by atoms with Crippen LogP contribution < -0.4 is 5.73 Å². The van der Waals surface area contributed by atoms with Crippen LogP contribution in [0.15, 0.2) is 24.3 Å². The summed E-state index contributed by atoms with van der Waals surface area (Å²) in [5, 5.41) is 9.37. The van der Waals surface area contributed by atoms with Crippen molar-refractivity contribution in [1.29, 1.82) is 0 Å². The summed E-state index contributed by atoms with van der Waals surface area (Å²) in [6.45, 7) is 2.12. The van der Waals surface area contributed by atoms with Gasteiger partial charge in [-0.15, -0.1) is 0 Å². The molecule has 1 saturated carbocycles. The number of nitrogens with two attached hydrogens (primary N) is 1. The van der Waals surface area contributed by atoms with E-state index in [9.17, 15) is 9.50 Å². The topological polar surface area (TPSA) is 46.2 Å². The first-order chi connectivity index (χ1) is 7.58. The summed E-state index contributed by atoms with van der Waals surface area (Å²) in [6, 6.07) is 6.62. The van der Waals surface area contributed by atoms with Gasteiger partial charge in [0.2, 0.25) is 0 Å². The second-order valence-electron chi connectivity index (χ2n) is 4.94. The summed E-state index contributed by atoms with van der Waals surface area (Å²) in [4.78, 5) is 0. The van der Waals surface area contributed by atoms with Gasteiger partial charge in [-0.1, -0.05) is 25.1 Å². The first kappa shape index (κ1) is 11.6. The number of halogens is 1. The Labute approximate surface area is 95.3 Å². The van der Waals surface area contributed by atoms with Gasteiger partial charge in [0, 0.05) is 23.6 Å². The highest BCUT2D eigenvalue weighted by Crippen LogP contribution is 2.44.